The zero-order chi connectivity index (χ0) is 20.5. The molecule has 3 aromatic rings. The van der Waals surface area contributed by atoms with Crippen LogP contribution in [-0.2, 0) is 22.3 Å². The minimum Gasteiger partial charge on any atom is -0.366 e. The largest absolute Gasteiger partial charge is 0.366 e. The third kappa shape index (κ3) is 4.17. The molecule has 3 heterocycles. The number of hydrogen-bond donors (Lipinski definition) is 2. The molecule has 2 aromatic heterocycles. The Morgan fingerprint density at radius 2 is 2.00 bits per heavy atom. The average Bonchev–Trinajstić information content (AvgIpc) is 3.35. The summed E-state index contributed by atoms with van der Waals surface area (Å²) in [6, 6.07) is 13.7. The summed E-state index contributed by atoms with van der Waals surface area (Å²) in [6.45, 7) is 0.433. The number of nitrogens with one attached hydrogen (secondary N) is 1. The van der Waals surface area contributed by atoms with E-state index in [1.165, 1.54) is 11.8 Å². The Bertz CT molecular complexity index is 1100. The monoisotopic (exact) mass is 463 g/mol. The molecule has 1 saturated heterocycles. The average molecular weight is 464 g/mol. The van der Waals surface area contributed by atoms with E-state index in [1.54, 1.807) is 59.1 Å². The number of anilines is 1. The molecule has 0 saturated carbocycles. The van der Waals surface area contributed by atoms with Crippen LogP contribution in [0.25, 0.3) is 0 Å². The molecule has 0 spiro atoms. The lowest BCUT2D eigenvalue weighted by Gasteiger charge is -2.34. The van der Waals surface area contributed by atoms with E-state index in [-0.39, 0.29) is 4.21 Å². The van der Waals surface area contributed by atoms with E-state index in [4.69, 9.17) is 12.2 Å². The zero-order valence-corrected chi connectivity index (χ0v) is 18.3. The Morgan fingerprint density at radius 3 is 2.66 bits per heavy atom. The van der Waals surface area contributed by atoms with Crippen molar-refractivity contribution in [2.24, 2.45) is 0 Å². The van der Waals surface area contributed by atoms with Gasteiger partial charge in [-0.15, -0.1) is 11.3 Å². The van der Waals surface area contributed by atoms with Crippen LogP contribution in [-0.4, -0.2) is 33.5 Å². The third-order valence-electron chi connectivity index (χ3n) is 4.49. The first-order valence-electron chi connectivity index (χ1n) is 8.61. The predicted octanol–water partition coefficient (Wildman–Crippen LogP) is 3.62. The molecule has 1 unspecified atom stereocenters. The number of sulfonamides is 1. The second-order valence-corrected chi connectivity index (χ2v) is 10.9. The number of pyridine rings is 1. The molecular weight excluding hydrogens is 446 g/mol. The van der Waals surface area contributed by atoms with Gasteiger partial charge in [0.05, 0.1) is 5.75 Å². The van der Waals surface area contributed by atoms with E-state index in [2.05, 4.69) is 9.71 Å². The molecule has 2 N–H and O–H groups in total. The first-order chi connectivity index (χ1) is 13.9. The number of thioether (sulfide) groups is 1. The van der Waals surface area contributed by atoms with Crippen LogP contribution in [0.3, 0.4) is 0 Å². The van der Waals surface area contributed by atoms with E-state index in [1.807, 2.05) is 12.1 Å². The Labute approximate surface area is 182 Å². The molecule has 6 nitrogen and oxygen atoms in total. The molecule has 0 radical (unpaired) electrons. The summed E-state index contributed by atoms with van der Waals surface area (Å²) in [6.07, 6.45) is 3.44. The topological polar surface area (TPSA) is 82.5 Å². The summed E-state index contributed by atoms with van der Waals surface area (Å²) in [5, 5.41) is 13.1. The molecule has 1 fully saturated rings. The lowest BCUT2D eigenvalue weighted by molar-refractivity contribution is -0.0508. The molecule has 0 aliphatic carbocycles. The lowest BCUT2D eigenvalue weighted by atomic mass is 10.0. The van der Waals surface area contributed by atoms with Crippen molar-refractivity contribution in [3.8, 4) is 0 Å². The van der Waals surface area contributed by atoms with Gasteiger partial charge in [-0.1, -0.05) is 48.2 Å². The predicted molar refractivity (Wildman–Crippen MR) is 120 cm³/mol. The SMILES string of the molecule is O=S(=O)(Nc1ccc(C2(O)CSC(=S)N2Cc2cccnc2)cc1)c1cccs1. The van der Waals surface area contributed by atoms with E-state index in [0.717, 1.165) is 16.9 Å². The Morgan fingerprint density at radius 1 is 1.21 bits per heavy atom. The molecule has 1 aliphatic heterocycles. The number of aliphatic hydroxyl groups is 1. The summed E-state index contributed by atoms with van der Waals surface area (Å²) in [5.74, 6) is 0.395. The van der Waals surface area contributed by atoms with Crippen LogP contribution in [0.2, 0.25) is 0 Å². The summed E-state index contributed by atoms with van der Waals surface area (Å²) in [4.78, 5) is 5.89. The van der Waals surface area contributed by atoms with Crippen molar-refractivity contribution in [2.45, 2.75) is 16.5 Å². The molecule has 1 aromatic carbocycles. The highest BCUT2D eigenvalue weighted by Gasteiger charge is 2.44. The molecule has 1 atom stereocenters. The molecule has 10 heteroatoms. The van der Waals surface area contributed by atoms with Gasteiger partial charge in [0.1, 0.15) is 8.53 Å². The van der Waals surface area contributed by atoms with E-state index in [0.29, 0.717) is 27.9 Å². The minimum absolute atomic E-state index is 0.250. The number of nitrogens with zero attached hydrogens (tertiary/aromatic N) is 2. The molecule has 4 rings (SSSR count). The smallest absolute Gasteiger partial charge is 0.271 e. The summed E-state index contributed by atoms with van der Waals surface area (Å²) < 4.78 is 28.2. The summed E-state index contributed by atoms with van der Waals surface area (Å²) in [5.41, 5.74) is 0.740. The number of hydrogen-bond acceptors (Lipinski definition) is 7. The van der Waals surface area contributed by atoms with Gasteiger partial charge in [0.2, 0.25) is 0 Å². The maximum atomic E-state index is 12.4. The highest BCUT2D eigenvalue weighted by Crippen LogP contribution is 2.40. The number of rotatable bonds is 6. The van der Waals surface area contributed by atoms with E-state index >= 15 is 0 Å². The third-order valence-corrected chi connectivity index (χ3v) is 8.85. The van der Waals surface area contributed by atoms with Crippen LogP contribution in [0.4, 0.5) is 5.69 Å². The van der Waals surface area contributed by atoms with Gasteiger partial charge in [0, 0.05) is 30.2 Å². The molecule has 1 aliphatic rings. The van der Waals surface area contributed by atoms with Crippen molar-refractivity contribution in [2.75, 3.05) is 10.5 Å². The quantitative estimate of drug-likeness (QED) is 0.540. The van der Waals surface area contributed by atoms with Crippen molar-refractivity contribution in [3.05, 3.63) is 77.4 Å². The highest BCUT2D eigenvalue weighted by molar-refractivity contribution is 8.23. The van der Waals surface area contributed by atoms with Crippen LogP contribution >= 0.6 is 35.3 Å². The maximum absolute atomic E-state index is 12.4. The fraction of sp³-hybridized carbons (Fsp3) is 0.158. The van der Waals surface area contributed by atoms with Gasteiger partial charge >= 0.3 is 0 Å². The van der Waals surface area contributed by atoms with E-state index in [9.17, 15) is 13.5 Å². The van der Waals surface area contributed by atoms with Gasteiger partial charge in [-0.25, -0.2) is 8.42 Å². The van der Waals surface area contributed by atoms with Crippen LogP contribution < -0.4 is 4.72 Å². The minimum atomic E-state index is -3.61. The van der Waals surface area contributed by atoms with Crippen molar-refractivity contribution in [1.82, 2.24) is 9.88 Å². The molecule has 29 heavy (non-hydrogen) atoms. The molecule has 150 valence electrons. The molecular formula is C19H17N3O3S4. The Kier molecular flexibility index (Phi) is 5.63. The lowest BCUT2D eigenvalue weighted by Crippen LogP contribution is -2.44. The first kappa shape index (κ1) is 20.3. The Hall–Kier alpha value is -1.98. The van der Waals surface area contributed by atoms with Crippen molar-refractivity contribution in [3.63, 3.8) is 0 Å². The maximum Gasteiger partial charge on any atom is 0.271 e. The summed E-state index contributed by atoms with van der Waals surface area (Å²) in [7, 11) is -3.61. The Balaban J connectivity index is 1.56. The normalized spacial score (nSPS) is 19.5. The fourth-order valence-corrected chi connectivity index (χ4v) is 6.47. The fourth-order valence-electron chi connectivity index (χ4n) is 3.00. The van der Waals surface area contributed by atoms with Crippen LogP contribution in [0.5, 0.6) is 0 Å². The van der Waals surface area contributed by atoms with Crippen molar-refractivity contribution in [1.29, 1.82) is 0 Å². The number of thiophene rings is 1. The number of thiocarbonyl (C=S) groups is 1. The van der Waals surface area contributed by atoms with Gasteiger partial charge in [-0.3, -0.25) is 9.71 Å². The highest BCUT2D eigenvalue weighted by atomic mass is 32.2. The van der Waals surface area contributed by atoms with E-state index < -0.39 is 15.7 Å². The van der Waals surface area contributed by atoms with Crippen LogP contribution in [0, 0.1) is 0 Å². The standard InChI is InChI=1S/C19H17N3O3S4/c23-19(13-28-18(26)22(19)12-14-3-1-9-20-11-14)15-5-7-16(8-6-15)21-29(24,25)17-4-2-10-27-17/h1-11,21,23H,12-13H2. The zero-order valence-electron chi connectivity index (χ0n) is 15.1. The van der Waals surface area contributed by atoms with Gasteiger partial charge in [-0.2, -0.15) is 0 Å². The second-order valence-electron chi connectivity index (χ2n) is 6.43. The molecule has 0 amide bonds. The van der Waals surface area contributed by atoms with Crippen LogP contribution in [0.15, 0.2) is 70.5 Å². The number of benzene rings is 1. The second kappa shape index (κ2) is 8.04. The van der Waals surface area contributed by atoms with Crippen molar-refractivity contribution < 1.29 is 13.5 Å². The first-order valence-corrected chi connectivity index (χ1v) is 12.4. The van der Waals surface area contributed by atoms with Crippen LogP contribution in [0.1, 0.15) is 11.1 Å². The molecule has 0 bridgehead atoms. The van der Waals surface area contributed by atoms with Gasteiger partial charge in [-0.05, 0) is 35.2 Å². The van der Waals surface area contributed by atoms with Gasteiger partial charge in [0.25, 0.3) is 10.0 Å². The summed E-state index contributed by atoms with van der Waals surface area (Å²) >= 11 is 8.02. The van der Waals surface area contributed by atoms with Gasteiger partial charge in [0.15, 0.2) is 5.72 Å². The van der Waals surface area contributed by atoms with Crippen molar-refractivity contribution >= 4 is 55.3 Å². The van der Waals surface area contributed by atoms with Gasteiger partial charge < -0.3 is 10.0 Å². The number of aromatic nitrogens is 1.